The number of aliphatic carboxylic acids is 1. The van der Waals surface area contributed by atoms with E-state index in [1.807, 2.05) is 18.2 Å². The van der Waals surface area contributed by atoms with Crippen LogP contribution in [0.15, 0.2) is 47.8 Å². The number of carbonyl (C=O) groups is 1. The topological polar surface area (TPSA) is 63.1 Å². The van der Waals surface area contributed by atoms with Crippen molar-refractivity contribution in [2.45, 2.75) is 18.9 Å². The number of rotatable bonds is 5. The van der Waals surface area contributed by atoms with E-state index in [1.54, 1.807) is 31.5 Å². The average Bonchev–Trinajstić information content (AvgIpc) is 2.98. The molecular formula is C17H16N2O2S2. The fourth-order valence-electron chi connectivity index (χ4n) is 2.00. The number of fused-ring (bicyclic) bond motifs is 1. The molecule has 1 N–H and O–H groups in total. The van der Waals surface area contributed by atoms with E-state index in [4.69, 9.17) is 0 Å². The van der Waals surface area contributed by atoms with Gasteiger partial charge < -0.3 is 5.11 Å². The van der Waals surface area contributed by atoms with E-state index in [9.17, 15) is 9.90 Å². The predicted octanol–water partition coefficient (Wildman–Crippen LogP) is 4.56. The van der Waals surface area contributed by atoms with E-state index in [0.717, 1.165) is 25.7 Å². The Morgan fingerprint density at radius 1 is 1.26 bits per heavy atom. The van der Waals surface area contributed by atoms with Crippen molar-refractivity contribution in [3.8, 4) is 10.4 Å². The molecule has 2 aromatic heterocycles. The Kier molecular flexibility index (Phi) is 4.37. The van der Waals surface area contributed by atoms with Crippen LogP contribution in [0.3, 0.4) is 0 Å². The van der Waals surface area contributed by atoms with Gasteiger partial charge in [-0.25, -0.2) is 9.97 Å². The summed E-state index contributed by atoms with van der Waals surface area (Å²) in [5.74, 6) is -0.337. The standard InChI is InChI=1S/C17H16N2O2S2/c1-17(2,16(20)21)9-22-14-12-8-13(11-6-4-3-5-7-11)23-15(12)19-10-18-14/h3-8,10H,9H2,1-2H3,(H,20,21). The zero-order valence-electron chi connectivity index (χ0n) is 12.8. The number of benzene rings is 1. The third kappa shape index (κ3) is 3.38. The van der Waals surface area contributed by atoms with Gasteiger partial charge in [0.15, 0.2) is 0 Å². The van der Waals surface area contributed by atoms with Crippen LogP contribution in [0.4, 0.5) is 0 Å². The van der Waals surface area contributed by atoms with Crippen LogP contribution in [-0.4, -0.2) is 26.8 Å². The van der Waals surface area contributed by atoms with Gasteiger partial charge in [-0.05, 0) is 25.5 Å². The monoisotopic (exact) mass is 344 g/mol. The molecule has 0 fully saturated rings. The maximum Gasteiger partial charge on any atom is 0.309 e. The maximum atomic E-state index is 11.3. The first-order chi connectivity index (χ1) is 11.0. The Morgan fingerprint density at radius 2 is 2.00 bits per heavy atom. The van der Waals surface area contributed by atoms with Gasteiger partial charge >= 0.3 is 5.97 Å². The molecule has 0 bridgehead atoms. The Labute approximate surface area is 142 Å². The van der Waals surface area contributed by atoms with Crippen molar-refractivity contribution in [3.63, 3.8) is 0 Å². The minimum Gasteiger partial charge on any atom is -0.481 e. The zero-order chi connectivity index (χ0) is 16.4. The summed E-state index contributed by atoms with van der Waals surface area (Å²) < 4.78 is 0. The van der Waals surface area contributed by atoms with E-state index in [2.05, 4.69) is 28.2 Å². The molecule has 2 heterocycles. The summed E-state index contributed by atoms with van der Waals surface area (Å²) in [6.45, 7) is 3.45. The number of thiophene rings is 1. The summed E-state index contributed by atoms with van der Waals surface area (Å²) in [5.41, 5.74) is 0.359. The lowest BCUT2D eigenvalue weighted by Gasteiger charge is -2.17. The zero-order valence-corrected chi connectivity index (χ0v) is 14.4. The molecule has 0 saturated heterocycles. The van der Waals surface area contributed by atoms with Crippen molar-refractivity contribution in [2.24, 2.45) is 5.41 Å². The van der Waals surface area contributed by atoms with Gasteiger partial charge in [-0.3, -0.25) is 4.79 Å². The largest absolute Gasteiger partial charge is 0.481 e. The molecule has 0 aliphatic carbocycles. The van der Waals surface area contributed by atoms with Crippen molar-refractivity contribution in [2.75, 3.05) is 5.75 Å². The number of carboxylic acids is 1. The van der Waals surface area contributed by atoms with Crippen LogP contribution in [0.5, 0.6) is 0 Å². The summed E-state index contributed by atoms with van der Waals surface area (Å²) in [5, 5.41) is 11.1. The first kappa shape index (κ1) is 16.0. The lowest BCUT2D eigenvalue weighted by atomic mass is 9.97. The van der Waals surface area contributed by atoms with Crippen LogP contribution < -0.4 is 0 Å². The van der Waals surface area contributed by atoms with E-state index >= 15 is 0 Å². The van der Waals surface area contributed by atoms with Gasteiger partial charge in [-0.1, -0.05) is 30.3 Å². The molecule has 0 saturated carbocycles. The second kappa shape index (κ2) is 6.29. The smallest absolute Gasteiger partial charge is 0.309 e. The van der Waals surface area contributed by atoms with Crippen molar-refractivity contribution >= 4 is 39.3 Å². The predicted molar refractivity (Wildman–Crippen MR) is 95.0 cm³/mol. The van der Waals surface area contributed by atoms with Gasteiger partial charge in [-0.2, -0.15) is 0 Å². The Balaban J connectivity index is 1.93. The first-order valence-corrected chi connectivity index (χ1v) is 8.94. The van der Waals surface area contributed by atoms with Gasteiger partial charge in [0, 0.05) is 16.0 Å². The number of hydrogen-bond donors (Lipinski definition) is 1. The fraction of sp³-hybridized carbons (Fsp3) is 0.235. The van der Waals surface area contributed by atoms with Crippen LogP contribution in [-0.2, 0) is 4.79 Å². The van der Waals surface area contributed by atoms with Crippen LogP contribution in [0, 0.1) is 5.41 Å². The van der Waals surface area contributed by atoms with Gasteiger partial charge in [0.1, 0.15) is 16.2 Å². The molecule has 3 rings (SSSR count). The highest BCUT2D eigenvalue weighted by Crippen LogP contribution is 2.37. The Bertz CT molecular complexity index is 844. The van der Waals surface area contributed by atoms with Crippen LogP contribution >= 0.6 is 23.1 Å². The molecule has 1 aromatic carbocycles. The molecule has 0 atom stereocenters. The van der Waals surface area contributed by atoms with Crippen molar-refractivity contribution in [3.05, 3.63) is 42.7 Å². The van der Waals surface area contributed by atoms with Gasteiger partial charge in [0.05, 0.1) is 5.41 Å². The second-order valence-electron chi connectivity index (χ2n) is 5.85. The molecule has 0 unspecified atom stereocenters. The van der Waals surface area contributed by atoms with E-state index < -0.39 is 11.4 Å². The number of thioether (sulfide) groups is 1. The molecule has 23 heavy (non-hydrogen) atoms. The SMILES string of the molecule is CC(C)(CSc1ncnc2sc(-c3ccccc3)cc12)C(=O)O. The minimum absolute atomic E-state index is 0.463. The molecule has 3 aromatic rings. The molecule has 118 valence electrons. The summed E-state index contributed by atoms with van der Waals surface area (Å²) >= 11 is 3.09. The average molecular weight is 344 g/mol. The summed E-state index contributed by atoms with van der Waals surface area (Å²) in [7, 11) is 0. The lowest BCUT2D eigenvalue weighted by Crippen LogP contribution is -2.26. The van der Waals surface area contributed by atoms with Gasteiger partial charge in [0.25, 0.3) is 0 Å². The first-order valence-electron chi connectivity index (χ1n) is 7.13. The fourth-order valence-corrected chi connectivity index (χ4v) is 4.13. The minimum atomic E-state index is -0.800. The molecule has 6 heteroatoms. The number of nitrogens with zero attached hydrogens (tertiary/aromatic N) is 2. The summed E-state index contributed by atoms with van der Waals surface area (Å²) in [6, 6.07) is 12.2. The highest BCUT2D eigenvalue weighted by atomic mass is 32.2. The highest BCUT2D eigenvalue weighted by Gasteiger charge is 2.27. The third-order valence-electron chi connectivity index (χ3n) is 3.50. The molecule has 0 amide bonds. The normalized spacial score (nSPS) is 11.7. The molecule has 0 spiro atoms. The maximum absolute atomic E-state index is 11.3. The second-order valence-corrected chi connectivity index (χ2v) is 7.85. The third-order valence-corrected chi connectivity index (χ3v) is 6.06. The quantitative estimate of drug-likeness (QED) is 0.543. The van der Waals surface area contributed by atoms with Gasteiger partial charge in [-0.15, -0.1) is 23.1 Å². The summed E-state index contributed by atoms with van der Waals surface area (Å²) in [6.07, 6.45) is 1.55. The van der Waals surface area contributed by atoms with E-state index in [1.165, 1.54) is 11.8 Å². The molecule has 0 aliphatic heterocycles. The Hall–Kier alpha value is -1.92. The lowest BCUT2D eigenvalue weighted by molar-refractivity contribution is -0.145. The van der Waals surface area contributed by atoms with Crippen LogP contribution in [0.25, 0.3) is 20.7 Å². The van der Waals surface area contributed by atoms with E-state index in [0.29, 0.717) is 5.75 Å². The molecular weight excluding hydrogens is 328 g/mol. The van der Waals surface area contributed by atoms with Crippen molar-refractivity contribution in [1.82, 2.24) is 9.97 Å². The number of aromatic nitrogens is 2. The van der Waals surface area contributed by atoms with Crippen molar-refractivity contribution < 1.29 is 9.90 Å². The molecule has 0 radical (unpaired) electrons. The van der Waals surface area contributed by atoms with Gasteiger partial charge in [0.2, 0.25) is 0 Å². The highest BCUT2D eigenvalue weighted by molar-refractivity contribution is 7.99. The molecule has 0 aliphatic rings. The molecule has 4 nitrogen and oxygen atoms in total. The number of carboxylic acid groups (broad SMARTS) is 1. The van der Waals surface area contributed by atoms with E-state index in [-0.39, 0.29) is 0 Å². The summed E-state index contributed by atoms with van der Waals surface area (Å²) in [4.78, 5) is 22.0. The van der Waals surface area contributed by atoms with Crippen LogP contribution in [0.1, 0.15) is 13.8 Å². The Morgan fingerprint density at radius 3 is 2.70 bits per heavy atom. The van der Waals surface area contributed by atoms with Crippen LogP contribution in [0.2, 0.25) is 0 Å². The van der Waals surface area contributed by atoms with Crippen molar-refractivity contribution in [1.29, 1.82) is 0 Å². The number of hydrogen-bond acceptors (Lipinski definition) is 5.